The Kier molecular flexibility index (Phi) is 19.6. The van der Waals surface area contributed by atoms with Gasteiger partial charge in [0.25, 0.3) is 0 Å². The fraction of sp³-hybridized carbons (Fsp3) is 0.0673. The number of unbranched alkanes of at least 4 members (excludes halogenated alkanes) is 1. The number of hydrogen-bond acceptors (Lipinski definition) is 1. The van der Waals surface area contributed by atoms with Crippen LogP contribution in [0.3, 0.4) is 0 Å². The molecule has 0 aromatic heterocycles. The Hall–Kier alpha value is -11.5. The molecule has 1 aliphatic heterocycles. The number of benzene rings is 20. The Labute approximate surface area is 646 Å². The van der Waals surface area contributed by atoms with Crippen LogP contribution in [0.15, 0.2) is 388 Å². The quantitative estimate of drug-likeness (QED) is 0.0606. The minimum Gasteiger partial charge on any atom is -0.381 e. The molecule has 0 saturated carbocycles. The van der Waals surface area contributed by atoms with E-state index in [1.54, 1.807) is 0 Å². The maximum absolute atomic E-state index is 4.94. The molecule has 1 nitrogen and oxygen atoms in total. The fourth-order valence-corrected chi connectivity index (χ4v) is 27.4. The zero-order chi connectivity index (χ0) is 71.7. The number of ether oxygens (including phenoxy) is 1. The van der Waals surface area contributed by atoms with Gasteiger partial charge in [0.1, 0.15) is 0 Å². The Morgan fingerprint density at radius 2 is 0.352 bits per heavy atom. The summed E-state index contributed by atoms with van der Waals surface area (Å²) >= 11 is 0. The normalized spacial score (nSPS) is 12.4. The molecule has 4 heteroatoms. The summed E-state index contributed by atoms with van der Waals surface area (Å²) in [4.78, 5) is 0. The summed E-state index contributed by atoms with van der Waals surface area (Å²) in [5.41, 5.74) is 0. The van der Waals surface area contributed by atoms with Crippen molar-refractivity contribution in [3.8, 4) is 0 Å². The van der Waals surface area contributed by atoms with Gasteiger partial charge in [-0.3, -0.25) is 0 Å². The van der Waals surface area contributed by atoms with Gasteiger partial charge in [-0.2, -0.15) is 6.42 Å². The van der Waals surface area contributed by atoms with Crippen LogP contribution in [0, 0.1) is 6.92 Å². The summed E-state index contributed by atoms with van der Waals surface area (Å²) in [5.74, 6) is 0. The van der Waals surface area contributed by atoms with Gasteiger partial charge in [0.2, 0.25) is 0 Å². The predicted molar refractivity (Wildman–Crippen MR) is 471 cm³/mol. The van der Waals surface area contributed by atoms with Crippen LogP contribution in [0.2, 0.25) is 0 Å². The molecule has 1 saturated heterocycles. The number of fused-ring (bicyclic) bond motifs is 24. The summed E-state index contributed by atoms with van der Waals surface area (Å²) in [5, 5.41) is 42.4. The molecule has 0 spiro atoms. The molecule has 1 heterocycles. The molecule has 0 N–H and O–H groups in total. The van der Waals surface area contributed by atoms with Crippen LogP contribution in [0.1, 0.15) is 32.6 Å². The zero-order valence-electron chi connectivity index (χ0n) is 61.3. The molecule has 0 unspecified atom stereocenters. The molecule has 512 valence electrons. The van der Waals surface area contributed by atoms with E-state index in [4.69, 9.17) is 4.74 Å². The van der Waals surface area contributed by atoms with E-state index >= 15 is 0 Å². The molecule has 108 heavy (non-hydrogen) atoms. The molecule has 0 radical (unpaired) electrons. The first kappa shape index (κ1) is 69.5. The van der Waals surface area contributed by atoms with Crippen molar-refractivity contribution in [1.29, 1.82) is 0 Å². The predicted octanol–water partition coefficient (Wildman–Crippen LogP) is 19.4. The topological polar surface area (TPSA) is 9.23 Å². The third-order valence-electron chi connectivity index (χ3n) is 22.7. The van der Waals surface area contributed by atoms with Crippen LogP contribution in [-0.2, 0) is 4.74 Å². The molecule has 0 bridgehead atoms. The Balaban J connectivity index is 0.000000141. The summed E-state index contributed by atoms with van der Waals surface area (Å²) < 4.78 is 4.94. The van der Waals surface area contributed by atoms with E-state index in [1.165, 1.54) is 190 Å². The zero-order valence-corrected chi connectivity index (χ0v) is 63.3. The number of rotatable bonds is 9. The first-order valence-corrected chi connectivity index (χ1v) is 42.0. The van der Waals surface area contributed by atoms with E-state index in [1.807, 2.05) is 0 Å². The Morgan fingerprint density at radius 3 is 0.500 bits per heavy atom. The molecule has 0 aliphatic carbocycles. The minimum atomic E-state index is -2.84. The fourth-order valence-electron chi connectivity index (χ4n) is 17.8. The van der Waals surface area contributed by atoms with Gasteiger partial charge < -0.3 is 11.7 Å². The second kappa shape index (κ2) is 30.4. The third-order valence-corrected chi connectivity index (χ3v) is 32.2. The van der Waals surface area contributed by atoms with Crippen molar-refractivity contribution in [1.82, 2.24) is 0 Å². The van der Waals surface area contributed by atoms with E-state index < -0.39 is 16.1 Å². The van der Waals surface area contributed by atoms with Crippen molar-refractivity contribution in [2.75, 3.05) is 13.2 Å². The van der Waals surface area contributed by atoms with Crippen LogP contribution < -0.4 is 60.4 Å². The van der Waals surface area contributed by atoms with Gasteiger partial charge >= 0.3 is 18.9 Å². The molecular weight excluding hydrogens is 1330 g/mol. The summed E-state index contributed by atoms with van der Waals surface area (Å²) in [6.07, 6.45) is 4.83. The van der Waals surface area contributed by atoms with Gasteiger partial charge in [-0.15, -0.1) is 0 Å². The summed E-state index contributed by atoms with van der Waals surface area (Å²) in [6.45, 7) is 7.72. The molecule has 20 aromatic rings. The van der Waals surface area contributed by atoms with E-state index in [0.717, 1.165) is 19.6 Å². The third kappa shape index (κ3) is 12.0. The second-order valence-electron chi connectivity index (χ2n) is 28.5. The van der Waals surface area contributed by atoms with Crippen molar-refractivity contribution in [3.63, 3.8) is 0 Å². The van der Waals surface area contributed by atoms with Crippen LogP contribution in [0.4, 0.5) is 0 Å². The van der Waals surface area contributed by atoms with E-state index in [2.05, 4.69) is 402 Å². The van der Waals surface area contributed by atoms with Gasteiger partial charge in [-0.1, -0.05) is 402 Å². The van der Waals surface area contributed by atoms with Crippen molar-refractivity contribution in [2.45, 2.75) is 32.6 Å². The Morgan fingerprint density at radius 1 is 0.204 bits per heavy atom. The van der Waals surface area contributed by atoms with Crippen molar-refractivity contribution < 1.29 is 23.6 Å². The maximum atomic E-state index is 4.94. The average Bonchev–Trinajstić information content (AvgIpc) is 0.718. The van der Waals surface area contributed by atoms with Gasteiger partial charge in [-0.25, -0.2) is 0 Å². The van der Waals surface area contributed by atoms with Crippen LogP contribution >= 0.6 is 0 Å². The maximum Gasteiger partial charge on any atom is 1.00 e. The first-order valence-electron chi connectivity index (χ1n) is 38.0. The standard InChI is InChI=1S/2C48H32Si.C4H8O.C4H9.Li/c2*1-3-15-33(16-4-1)49(34-17-5-2-6-18-34,35-27-29-45-41-23-9-7-19-37(41)39-21-11-13-25-43(39)47(45)31-35)36-28-30-46-42-24-10-8-20-38(42)40-22-12-14-26-44(40)48(46)32-36;1-2-4-5-3-1;1-3-4-2;/h2*1-32H;1-4H2;1,3-4H2,2H3;/q;;;-1;+1. The monoisotopic (exact) mass is 1410 g/mol. The summed E-state index contributed by atoms with van der Waals surface area (Å²) in [7, 11) is -5.69. The van der Waals surface area contributed by atoms with Gasteiger partial charge in [0, 0.05) is 13.2 Å². The molecule has 20 aromatic carbocycles. The molecule has 1 fully saturated rings. The summed E-state index contributed by atoms with van der Waals surface area (Å²) in [6, 6.07) is 146. The first-order chi connectivity index (χ1) is 53.1. The van der Waals surface area contributed by atoms with E-state index in [9.17, 15) is 0 Å². The van der Waals surface area contributed by atoms with E-state index in [-0.39, 0.29) is 18.9 Å². The van der Waals surface area contributed by atoms with Gasteiger partial charge in [0.15, 0.2) is 16.1 Å². The van der Waals surface area contributed by atoms with Crippen LogP contribution in [0.5, 0.6) is 0 Å². The molecule has 21 rings (SSSR count). The smallest absolute Gasteiger partial charge is 0.381 e. The van der Waals surface area contributed by atoms with Crippen molar-refractivity contribution in [3.05, 3.63) is 395 Å². The van der Waals surface area contributed by atoms with Crippen LogP contribution in [0.25, 0.3) is 129 Å². The molecule has 1 aliphatic rings. The van der Waals surface area contributed by atoms with Crippen LogP contribution in [-0.4, -0.2) is 29.4 Å². The average molecular weight is 1410 g/mol. The Bertz CT molecular complexity index is 5740. The minimum absolute atomic E-state index is 0. The largest absolute Gasteiger partial charge is 1.00 e. The van der Waals surface area contributed by atoms with E-state index in [0.29, 0.717) is 0 Å². The van der Waals surface area contributed by atoms with Crippen molar-refractivity contribution in [2.24, 2.45) is 0 Å². The SMILES string of the molecule is C1CCOC1.[CH2-]CCC.[Li+].c1ccc([Si](c2ccccc2)(c2ccc3c4ccccc4c4ccccc4c3c2)c2ccc3c4ccccc4c4ccccc4c3c2)cc1.c1ccc([Si](c2ccccc2)(c2ccc3c4ccccc4c4ccccc4c3c2)c2ccc3c4ccccc4c4ccccc4c3c2)cc1. The second-order valence-corrected chi connectivity index (χ2v) is 36.2. The molecule has 0 amide bonds. The molecular formula is C104H81LiOSi2. The van der Waals surface area contributed by atoms with Gasteiger partial charge in [-0.05, 0) is 184 Å². The van der Waals surface area contributed by atoms with Gasteiger partial charge in [0.05, 0.1) is 0 Å². The molecule has 0 atom stereocenters. The number of hydrogen-bond donors (Lipinski definition) is 0. The van der Waals surface area contributed by atoms with Crippen molar-refractivity contribution >= 4 is 187 Å².